The van der Waals surface area contributed by atoms with E-state index < -0.39 is 17.3 Å². The molecule has 0 aliphatic carbocycles. The number of nitrogens with one attached hydrogen (secondary N) is 1. The van der Waals surface area contributed by atoms with Crippen LogP contribution < -0.4 is 11.1 Å². The van der Waals surface area contributed by atoms with Gasteiger partial charge in [-0.25, -0.2) is 0 Å². The lowest BCUT2D eigenvalue weighted by atomic mass is 9.94. The molecule has 0 atom stereocenters. The van der Waals surface area contributed by atoms with Crippen LogP contribution in [-0.4, -0.2) is 23.5 Å². The third-order valence-corrected chi connectivity index (χ3v) is 2.46. The van der Waals surface area contributed by atoms with Gasteiger partial charge in [-0.15, -0.1) is 0 Å². The van der Waals surface area contributed by atoms with Crippen molar-refractivity contribution < 1.29 is 14.7 Å². The maximum absolute atomic E-state index is 11.0. The van der Waals surface area contributed by atoms with Crippen LogP contribution in [0.15, 0.2) is 24.3 Å². The van der Waals surface area contributed by atoms with E-state index in [0.717, 1.165) is 0 Å². The van der Waals surface area contributed by atoms with E-state index in [0.29, 0.717) is 11.3 Å². The van der Waals surface area contributed by atoms with Crippen molar-refractivity contribution in [3.05, 3.63) is 29.8 Å². The average Bonchev–Trinajstić information content (AvgIpc) is 2.26. The number of anilines is 1. The second-order valence-electron chi connectivity index (χ2n) is 4.49. The van der Waals surface area contributed by atoms with Crippen molar-refractivity contribution in [3.8, 4) is 0 Å². The van der Waals surface area contributed by atoms with Crippen LogP contribution >= 0.6 is 0 Å². The highest BCUT2D eigenvalue weighted by atomic mass is 16.4. The summed E-state index contributed by atoms with van der Waals surface area (Å²) in [5.41, 5.74) is 5.35. The van der Waals surface area contributed by atoms with E-state index in [1.165, 1.54) is 0 Å². The topological polar surface area (TPSA) is 92.4 Å². The quantitative estimate of drug-likeness (QED) is 0.718. The maximum Gasteiger partial charge on any atom is 0.310 e. The second kappa shape index (κ2) is 4.86. The summed E-state index contributed by atoms with van der Waals surface area (Å²) < 4.78 is 0. The molecular weight excluding hydrogens is 220 g/mol. The molecular formula is C12H16N2O3. The van der Waals surface area contributed by atoms with Gasteiger partial charge in [0.15, 0.2) is 0 Å². The van der Waals surface area contributed by atoms with Gasteiger partial charge in [-0.3, -0.25) is 9.59 Å². The van der Waals surface area contributed by atoms with E-state index >= 15 is 0 Å². The molecule has 17 heavy (non-hydrogen) atoms. The van der Waals surface area contributed by atoms with Crippen molar-refractivity contribution in [1.82, 2.24) is 0 Å². The predicted octanol–water partition coefficient (Wildman–Crippen LogP) is 1.31. The van der Waals surface area contributed by atoms with E-state index in [1.807, 2.05) is 0 Å². The molecule has 0 spiro atoms. The predicted molar refractivity (Wildman–Crippen MR) is 64.9 cm³/mol. The smallest absolute Gasteiger partial charge is 0.310 e. The van der Waals surface area contributed by atoms with Crippen LogP contribution in [0.4, 0.5) is 5.69 Å². The molecule has 0 radical (unpaired) electrons. The highest BCUT2D eigenvalue weighted by molar-refractivity contribution is 5.93. The van der Waals surface area contributed by atoms with E-state index in [1.54, 1.807) is 38.1 Å². The van der Waals surface area contributed by atoms with Gasteiger partial charge in [0.1, 0.15) is 0 Å². The fraction of sp³-hybridized carbons (Fsp3) is 0.333. The first-order chi connectivity index (χ1) is 7.83. The molecule has 0 aliphatic rings. The van der Waals surface area contributed by atoms with Gasteiger partial charge in [0.2, 0.25) is 5.91 Å². The lowest BCUT2D eigenvalue weighted by molar-refractivity contribution is -0.146. The summed E-state index contributed by atoms with van der Waals surface area (Å²) in [7, 11) is 0. The summed E-state index contributed by atoms with van der Waals surface area (Å²) >= 11 is 0. The molecule has 0 saturated carbocycles. The number of benzene rings is 1. The van der Waals surface area contributed by atoms with Gasteiger partial charge in [-0.05, 0) is 32.0 Å². The first kappa shape index (κ1) is 13.0. The lowest BCUT2D eigenvalue weighted by Gasteiger charge is -2.20. The molecule has 0 aliphatic heterocycles. The number of rotatable bonds is 5. The summed E-state index contributed by atoms with van der Waals surface area (Å²) in [5, 5.41) is 11.9. The molecule has 1 amide bonds. The molecule has 4 N–H and O–H groups in total. The minimum Gasteiger partial charge on any atom is -0.481 e. The number of primary amides is 1. The molecule has 5 nitrogen and oxygen atoms in total. The number of hydrogen-bond acceptors (Lipinski definition) is 3. The molecule has 1 rings (SSSR count). The number of carbonyl (C=O) groups is 2. The average molecular weight is 236 g/mol. The first-order valence-electron chi connectivity index (χ1n) is 5.20. The van der Waals surface area contributed by atoms with Crippen LogP contribution in [-0.2, 0) is 4.79 Å². The van der Waals surface area contributed by atoms with Crippen LogP contribution in [0.25, 0.3) is 0 Å². The standard InChI is InChI=1S/C12H16N2O3/c1-12(2,11(16)17)7-14-9-5-3-4-8(6-9)10(13)15/h3-6,14H,7H2,1-2H3,(H2,13,15)(H,16,17). The lowest BCUT2D eigenvalue weighted by Crippen LogP contribution is -2.31. The van der Waals surface area contributed by atoms with Gasteiger partial charge >= 0.3 is 5.97 Å². The number of carbonyl (C=O) groups excluding carboxylic acids is 1. The molecule has 0 unspecified atom stereocenters. The van der Waals surface area contributed by atoms with Crippen molar-refractivity contribution in [1.29, 1.82) is 0 Å². The number of carboxylic acid groups (broad SMARTS) is 1. The molecule has 0 saturated heterocycles. The Morgan fingerprint density at radius 2 is 2.06 bits per heavy atom. The Morgan fingerprint density at radius 3 is 2.59 bits per heavy atom. The highest BCUT2D eigenvalue weighted by Gasteiger charge is 2.26. The Hall–Kier alpha value is -2.04. The van der Waals surface area contributed by atoms with Gasteiger partial charge < -0.3 is 16.2 Å². The highest BCUT2D eigenvalue weighted by Crippen LogP contribution is 2.17. The monoisotopic (exact) mass is 236 g/mol. The Balaban J connectivity index is 2.73. The van der Waals surface area contributed by atoms with Crippen LogP contribution in [0.2, 0.25) is 0 Å². The van der Waals surface area contributed by atoms with E-state index in [2.05, 4.69) is 5.32 Å². The fourth-order valence-corrected chi connectivity index (χ4v) is 1.18. The van der Waals surface area contributed by atoms with Crippen LogP contribution in [0.3, 0.4) is 0 Å². The number of carboxylic acids is 1. The summed E-state index contributed by atoms with van der Waals surface area (Å²) in [6, 6.07) is 6.65. The summed E-state index contributed by atoms with van der Waals surface area (Å²) in [4.78, 5) is 21.9. The molecule has 0 fully saturated rings. The van der Waals surface area contributed by atoms with E-state index in [4.69, 9.17) is 10.8 Å². The Labute approximate surface area is 99.6 Å². The van der Waals surface area contributed by atoms with Crippen molar-refractivity contribution in [2.24, 2.45) is 11.1 Å². The third kappa shape index (κ3) is 3.48. The SMILES string of the molecule is CC(C)(CNc1cccc(C(N)=O)c1)C(=O)O. The summed E-state index contributed by atoms with van der Waals surface area (Å²) in [6.45, 7) is 3.52. The molecule has 0 heterocycles. The maximum atomic E-state index is 11.0. The second-order valence-corrected chi connectivity index (χ2v) is 4.49. The van der Waals surface area contributed by atoms with Gasteiger partial charge in [0.05, 0.1) is 5.41 Å². The normalized spacial score (nSPS) is 10.9. The molecule has 92 valence electrons. The number of nitrogens with two attached hydrogens (primary N) is 1. The fourth-order valence-electron chi connectivity index (χ4n) is 1.18. The minimum atomic E-state index is -0.879. The Kier molecular flexibility index (Phi) is 3.73. The minimum absolute atomic E-state index is 0.268. The number of amides is 1. The van der Waals surface area contributed by atoms with Crippen molar-refractivity contribution in [2.45, 2.75) is 13.8 Å². The van der Waals surface area contributed by atoms with Crippen LogP contribution in [0.5, 0.6) is 0 Å². The Bertz CT molecular complexity index is 441. The van der Waals surface area contributed by atoms with Crippen LogP contribution in [0.1, 0.15) is 24.2 Å². The molecule has 1 aromatic carbocycles. The molecule has 0 aromatic heterocycles. The van der Waals surface area contributed by atoms with Crippen molar-refractivity contribution in [2.75, 3.05) is 11.9 Å². The van der Waals surface area contributed by atoms with E-state index in [9.17, 15) is 9.59 Å². The summed E-state index contributed by atoms with van der Waals surface area (Å²) in [5.74, 6) is -1.39. The van der Waals surface area contributed by atoms with E-state index in [-0.39, 0.29) is 6.54 Å². The van der Waals surface area contributed by atoms with Gasteiger partial charge in [-0.2, -0.15) is 0 Å². The van der Waals surface area contributed by atoms with Gasteiger partial charge in [-0.1, -0.05) is 6.07 Å². The zero-order chi connectivity index (χ0) is 13.1. The zero-order valence-electron chi connectivity index (χ0n) is 9.86. The number of hydrogen-bond donors (Lipinski definition) is 3. The largest absolute Gasteiger partial charge is 0.481 e. The van der Waals surface area contributed by atoms with Crippen molar-refractivity contribution in [3.63, 3.8) is 0 Å². The summed E-state index contributed by atoms with van der Waals surface area (Å²) in [6.07, 6.45) is 0. The number of aliphatic carboxylic acids is 1. The zero-order valence-corrected chi connectivity index (χ0v) is 9.86. The van der Waals surface area contributed by atoms with Crippen LogP contribution in [0, 0.1) is 5.41 Å². The Morgan fingerprint density at radius 1 is 1.41 bits per heavy atom. The molecule has 5 heteroatoms. The van der Waals surface area contributed by atoms with Crippen molar-refractivity contribution >= 4 is 17.6 Å². The van der Waals surface area contributed by atoms with Gasteiger partial charge in [0, 0.05) is 17.8 Å². The first-order valence-corrected chi connectivity index (χ1v) is 5.20. The molecule has 0 bridgehead atoms. The third-order valence-electron chi connectivity index (χ3n) is 2.46. The molecule has 1 aromatic rings. The van der Waals surface area contributed by atoms with Gasteiger partial charge in [0.25, 0.3) is 0 Å².